The molecule has 6 nitrogen and oxygen atoms in total. The van der Waals surface area contributed by atoms with E-state index in [2.05, 4.69) is 62.0 Å². The van der Waals surface area contributed by atoms with Gasteiger partial charge in [-0.25, -0.2) is 0 Å². The maximum absolute atomic E-state index is 13.1. The Labute approximate surface area is 195 Å². The van der Waals surface area contributed by atoms with Gasteiger partial charge in [0.1, 0.15) is 0 Å². The monoisotopic (exact) mass is 444 g/mol. The number of benzene rings is 1. The van der Waals surface area contributed by atoms with Crippen molar-refractivity contribution in [3.05, 3.63) is 23.8 Å². The molecule has 0 radical (unpaired) electrons. The molecule has 0 bridgehead atoms. The molecule has 0 spiro atoms. The standard InChI is InChI=1S/C26H44N4O2/c1-7-29(8-2)16-13-27-25(32)22-18-21(11-12-23(22)30-14-9-10-15-30)28-24(31)17-20(3)19-26(4,5)6/h11-12,18,20H,7-10,13-17,19H2,1-6H3,(H,27,32)(H,28,31). The summed E-state index contributed by atoms with van der Waals surface area (Å²) in [5.74, 6) is 0.238. The number of carbonyl (C=O) groups is 2. The Balaban J connectivity index is 2.09. The Kier molecular flexibility index (Phi) is 10.0. The molecule has 1 aliphatic heterocycles. The number of hydrogen-bond donors (Lipinski definition) is 2. The number of amides is 2. The zero-order chi connectivity index (χ0) is 23.7. The van der Waals surface area contributed by atoms with Gasteiger partial charge in [-0.15, -0.1) is 0 Å². The summed E-state index contributed by atoms with van der Waals surface area (Å²) in [6.07, 6.45) is 3.77. The molecule has 2 rings (SSSR count). The first-order valence-electron chi connectivity index (χ1n) is 12.3. The van der Waals surface area contributed by atoms with Crippen LogP contribution in [-0.4, -0.2) is 56.0 Å². The molecule has 1 aromatic rings. The molecule has 1 aliphatic rings. The molecular weight excluding hydrogens is 400 g/mol. The van der Waals surface area contributed by atoms with E-state index in [4.69, 9.17) is 0 Å². The van der Waals surface area contributed by atoms with Crippen LogP contribution in [0.4, 0.5) is 11.4 Å². The van der Waals surface area contributed by atoms with Crippen molar-refractivity contribution in [2.45, 2.75) is 67.2 Å². The van der Waals surface area contributed by atoms with Gasteiger partial charge in [0.05, 0.1) is 5.56 Å². The summed E-state index contributed by atoms with van der Waals surface area (Å²) in [4.78, 5) is 30.3. The number of likely N-dealkylation sites (N-methyl/N-ethyl adjacent to an activating group) is 1. The van der Waals surface area contributed by atoms with Gasteiger partial charge >= 0.3 is 0 Å². The van der Waals surface area contributed by atoms with Gasteiger partial charge in [0, 0.05) is 44.0 Å². The fourth-order valence-corrected chi connectivity index (χ4v) is 4.64. The molecular formula is C26H44N4O2. The van der Waals surface area contributed by atoms with Gasteiger partial charge in [-0.05, 0) is 61.9 Å². The lowest BCUT2D eigenvalue weighted by Gasteiger charge is -2.24. The lowest BCUT2D eigenvalue weighted by molar-refractivity contribution is -0.117. The summed E-state index contributed by atoms with van der Waals surface area (Å²) in [5.41, 5.74) is 2.50. The molecule has 1 saturated heterocycles. The predicted octanol–water partition coefficient (Wildman–Crippen LogP) is 4.76. The molecule has 0 saturated carbocycles. The van der Waals surface area contributed by atoms with Crippen molar-refractivity contribution in [1.82, 2.24) is 10.2 Å². The fraction of sp³-hybridized carbons (Fsp3) is 0.692. The van der Waals surface area contributed by atoms with Crippen LogP contribution in [0.2, 0.25) is 0 Å². The SMILES string of the molecule is CCN(CC)CCNC(=O)c1cc(NC(=O)CC(C)CC(C)(C)C)ccc1N1CCCC1. The molecule has 1 heterocycles. The maximum Gasteiger partial charge on any atom is 0.253 e. The third-order valence-electron chi connectivity index (χ3n) is 6.07. The highest BCUT2D eigenvalue weighted by Crippen LogP contribution is 2.29. The number of carbonyl (C=O) groups excluding carboxylic acids is 2. The predicted molar refractivity (Wildman–Crippen MR) is 134 cm³/mol. The molecule has 2 amide bonds. The zero-order valence-corrected chi connectivity index (χ0v) is 21.1. The zero-order valence-electron chi connectivity index (χ0n) is 21.1. The van der Waals surface area contributed by atoms with Crippen LogP contribution in [0.5, 0.6) is 0 Å². The van der Waals surface area contributed by atoms with E-state index in [-0.39, 0.29) is 17.2 Å². The average Bonchev–Trinajstić information content (AvgIpc) is 3.24. The first-order valence-corrected chi connectivity index (χ1v) is 12.3. The largest absolute Gasteiger partial charge is 0.371 e. The second kappa shape index (κ2) is 12.2. The molecule has 1 fully saturated rings. The van der Waals surface area contributed by atoms with Crippen molar-refractivity contribution in [1.29, 1.82) is 0 Å². The van der Waals surface area contributed by atoms with E-state index in [1.54, 1.807) is 0 Å². The van der Waals surface area contributed by atoms with Crippen molar-refractivity contribution in [2.24, 2.45) is 11.3 Å². The summed E-state index contributed by atoms with van der Waals surface area (Å²) in [7, 11) is 0. The third-order valence-corrected chi connectivity index (χ3v) is 6.07. The van der Waals surface area contributed by atoms with Crippen molar-refractivity contribution < 1.29 is 9.59 Å². The average molecular weight is 445 g/mol. The van der Waals surface area contributed by atoms with E-state index in [9.17, 15) is 9.59 Å². The molecule has 0 aliphatic carbocycles. The second-order valence-electron chi connectivity index (χ2n) is 10.3. The lowest BCUT2D eigenvalue weighted by Crippen LogP contribution is -2.35. The third kappa shape index (κ3) is 8.45. The number of rotatable bonds is 11. The molecule has 32 heavy (non-hydrogen) atoms. The number of anilines is 2. The Hall–Kier alpha value is -2.08. The van der Waals surface area contributed by atoms with E-state index in [1.807, 2.05) is 18.2 Å². The Morgan fingerprint density at radius 1 is 1.12 bits per heavy atom. The highest BCUT2D eigenvalue weighted by molar-refractivity contribution is 6.02. The minimum absolute atomic E-state index is 0.00330. The van der Waals surface area contributed by atoms with Crippen LogP contribution in [0.3, 0.4) is 0 Å². The molecule has 1 aromatic carbocycles. The summed E-state index contributed by atoms with van der Waals surface area (Å²) in [5, 5.41) is 6.10. The molecule has 0 aromatic heterocycles. The minimum Gasteiger partial charge on any atom is -0.371 e. The summed E-state index contributed by atoms with van der Waals surface area (Å²) < 4.78 is 0. The Morgan fingerprint density at radius 3 is 2.38 bits per heavy atom. The summed E-state index contributed by atoms with van der Waals surface area (Å²) in [6.45, 7) is 18.3. The van der Waals surface area contributed by atoms with Crippen LogP contribution in [-0.2, 0) is 4.79 Å². The highest BCUT2D eigenvalue weighted by Gasteiger charge is 2.21. The molecule has 1 atom stereocenters. The molecule has 6 heteroatoms. The number of hydrogen-bond acceptors (Lipinski definition) is 4. The molecule has 2 N–H and O–H groups in total. The molecule has 1 unspecified atom stereocenters. The number of nitrogens with one attached hydrogen (secondary N) is 2. The van der Waals surface area contributed by atoms with E-state index in [1.165, 1.54) is 0 Å². The quantitative estimate of drug-likeness (QED) is 0.516. The van der Waals surface area contributed by atoms with Gasteiger partial charge in [0.25, 0.3) is 5.91 Å². The number of nitrogens with zero attached hydrogens (tertiary/aromatic N) is 2. The Morgan fingerprint density at radius 2 is 1.78 bits per heavy atom. The summed E-state index contributed by atoms with van der Waals surface area (Å²) >= 11 is 0. The smallest absolute Gasteiger partial charge is 0.253 e. The Bertz CT molecular complexity index is 747. The minimum atomic E-state index is -0.0729. The van der Waals surface area contributed by atoms with E-state index >= 15 is 0 Å². The van der Waals surface area contributed by atoms with Gasteiger partial charge in [0.15, 0.2) is 0 Å². The first kappa shape index (κ1) is 26.2. The second-order valence-corrected chi connectivity index (χ2v) is 10.3. The van der Waals surface area contributed by atoms with Gasteiger partial charge in [-0.1, -0.05) is 41.5 Å². The van der Waals surface area contributed by atoms with Gasteiger partial charge < -0.3 is 20.4 Å². The normalized spacial score (nSPS) is 15.2. The van der Waals surface area contributed by atoms with Gasteiger partial charge in [-0.3, -0.25) is 9.59 Å². The van der Waals surface area contributed by atoms with Crippen molar-refractivity contribution >= 4 is 23.2 Å². The molecule has 180 valence electrons. The van der Waals surface area contributed by atoms with Crippen LogP contribution < -0.4 is 15.5 Å². The van der Waals surface area contributed by atoms with E-state index in [0.717, 1.165) is 57.7 Å². The van der Waals surface area contributed by atoms with Crippen LogP contribution in [0.1, 0.15) is 77.6 Å². The highest BCUT2D eigenvalue weighted by atomic mass is 16.2. The first-order chi connectivity index (χ1) is 15.1. The van der Waals surface area contributed by atoms with Crippen LogP contribution >= 0.6 is 0 Å². The fourth-order valence-electron chi connectivity index (χ4n) is 4.64. The van der Waals surface area contributed by atoms with Gasteiger partial charge in [0.2, 0.25) is 5.91 Å². The van der Waals surface area contributed by atoms with E-state index < -0.39 is 0 Å². The maximum atomic E-state index is 13.1. The topological polar surface area (TPSA) is 64.7 Å². The van der Waals surface area contributed by atoms with Gasteiger partial charge in [-0.2, -0.15) is 0 Å². The van der Waals surface area contributed by atoms with Crippen LogP contribution in [0.15, 0.2) is 18.2 Å². The van der Waals surface area contributed by atoms with Crippen molar-refractivity contribution in [3.8, 4) is 0 Å². The van der Waals surface area contributed by atoms with Crippen molar-refractivity contribution in [3.63, 3.8) is 0 Å². The van der Waals surface area contributed by atoms with Crippen LogP contribution in [0, 0.1) is 11.3 Å². The van der Waals surface area contributed by atoms with Crippen molar-refractivity contribution in [2.75, 3.05) is 49.5 Å². The van der Waals surface area contributed by atoms with Crippen LogP contribution in [0.25, 0.3) is 0 Å². The summed E-state index contributed by atoms with van der Waals surface area (Å²) in [6, 6.07) is 5.75. The van der Waals surface area contributed by atoms with E-state index in [0.29, 0.717) is 30.1 Å². The lowest BCUT2D eigenvalue weighted by atomic mass is 9.84.